The molecule has 0 amide bonds. The molecule has 0 aromatic heterocycles. The van der Waals surface area contributed by atoms with E-state index in [0.29, 0.717) is 5.02 Å². The maximum atomic E-state index is 6.22. The van der Waals surface area contributed by atoms with E-state index in [2.05, 4.69) is 0 Å². The van der Waals surface area contributed by atoms with Crippen molar-refractivity contribution in [3.63, 3.8) is 0 Å². The van der Waals surface area contributed by atoms with Crippen molar-refractivity contribution >= 4 is 24.0 Å². The van der Waals surface area contributed by atoms with Gasteiger partial charge >= 0.3 is 0 Å². The van der Waals surface area contributed by atoms with E-state index in [1.165, 1.54) is 0 Å². The highest BCUT2D eigenvalue weighted by atomic mass is 35.5. The summed E-state index contributed by atoms with van der Waals surface area (Å²) in [4.78, 5) is 0. The second kappa shape index (κ2) is 6.64. The third-order valence-corrected chi connectivity index (χ3v) is 2.92. The van der Waals surface area contributed by atoms with Crippen LogP contribution in [0.5, 0.6) is 5.75 Å². The van der Waals surface area contributed by atoms with Crippen molar-refractivity contribution < 1.29 is 4.74 Å². The quantitative estimate of drug-likeness (QED) is 0.930. The van der Waals surface area contributed by atoms with Crippen LogP contribution in [0.1, 0.15) is 17.2 Å². The molecule has 0 saturated heterocycles. The summed E-state index contributed by atoms with van der Waals surface area (Å²) in [5.74, 6) is 0.755. The number of benzene rings is 2. The van der Waals surface area contributed by atoms with Gasteiger partial charge in [0.15, 0.2) is 0 Å². The highest BCUT2D eigenvalue weighted by molar-refractivity contribution is 6.30. The van der Waals surface area contributed by atoms with Gasteiger partial charge in [-0.2, -0.15) is 0 Å². The monoisotopic (exact) mass is 283 g/mol. The number of ether oxygens (including phenoxy) is 1. The van der Waals surface area contributed by atoms with Gasteiger partial charge in [-0.3, -0.25) is 0 Å². The molecule has 0 heterocycles. The fourth-order valence-corrected chi connectivity index (χ4v) is 1.97. The first-order valence-corrected chi connectivity index (χ1v) is 5.74. The van der Waals surface area contributed by atoms with Crippen molar-refractivity contribution in [2.45, 2.75) is 6.04 Å². The SMILES string of the molecule is COc1ccc(Cl)cc1C(N)c1ccccc1.Cl. The second-order valence-corrected chi connectivity index (χ2v) is 4.21. The molecule has 2 N–H and O–H groups in total. The van der Waals surface area contributed by atoms with E-state index in [4.69, 9.17) is 22.1 Å². The van der Waals surface area contributed by atoms with Gasteiger partial charge in [0.25, 0.3) is 0 Å². The first-order chi connectivity index (χ1) is 8.22. The molecule has 96 valence electrons. The molecule has 2 aromatic rings. The molecule has 2 aromatic carbocycles. The Morgan fingerprint density at radius 2 is 1.78 bits per heavy atom. The zero-order valence-electron chi connectivity index (χ0n) is 9.97. The molecular weight excluding hydrogens is 269 g/mol. The fourth-order valence-electron chi connectivity index (χ4n) is 1.79. The molecule has 0 spiro atoms. The number of methoxy groups -OCH3 is 1. The zero-order chi connectivity index (χ0) is 12.3. The number of hydrogen-bond donors (Lipinski definition) is 1. The molecule has 0 aliphatic carbocycles. The molecule has 0 bridgehead atoms. The van der Waals surface area contributed by atoms with E-state index in [-0.39, 0.29) is 18.4 Å². The number of hydrogen-bond acceptors (Lipinski definition) is 2. The Bertz CT molecular complexity index is 502. The van der Waals surface area contributed by atoms with E-state index in [9.17, 15) is 0 Å². The van der Waals surface area contributed by atoms with Crippen LogP contribution in [0, 0.1) is 0 Å². The van der Waals surface area contributed by atoms with Crippen LogP contribution in [0.15, 0.2) is 48.5 Å². The topological polar surface area (TPSA) is 35.2 Å². The minimum atomic E-state index is -0.232. The molecule has 0 saturated carbocycles. The van der Waals surface area contributed by atoms with E-state index >= 15 is 0 Å². The summed E-state index contributed by atoms with van der Waals surface area (Å²) in [6.45, 7) is 0. The van der Waals surface area contributed by atoms with Crippen LogP contribution in [0.25, 0.3) is 0 Å². The van der Waals surface area contributed by atoms with Crippen LogP contribution in [-0.2, 0) is 0 Å². The Morgan fingerprint density at radius 3 is 2.39 bits per heavy atom. The number of halogens is 2. The van der Waals surface area contributed by atoms with Gasteiger partial charge in [-0.1, -0.05) is 41.9 Å². The van der Waals surface area contributed by atoms with Gasteiger partial charge in [-0.15, -0.1) is 12.4 Å². The summed E-state index contributed by atoms with van der Waals surface area (Å²) in [6.07, 6.45) is 0. The molecule has 2 rings (SSSR count). The molecule has 4 heteroatoms. The van der Waals surface area contributed by atoms with Crippen molar-refractivity contribution in [2.75, 3.05) is 7.11 Å². The average molecular weight is 284 g/mol. The first-order valence-electron chi connectivity index (χ1n) is 5.36. The van der Waals surface area contributed by atoms with E-state index in [0.717, 1.165) is 16.9 Å². The molecule has 0 aliphatic heterocycles. The average Bonchev–Trinajstić information content (AvgIpc) is 2.39. The van der Waals surface area contributed by atoms with Crippen LogP contribution < -0.4 is 10.5 Å². The molecular formula is C14H15Cl2NO. The predicted octanol–water partition coefficient (Wildman–Crippen LogP) is 3.82. The summed E-state index contributed by atoms with van der Waals surface area (Å²) in [6, 6.07) is 15.1. The molecule has 1 atom stereocenters. The van der Waals surface area contributed by atoms with Gasteiger partial charge in [0.1, 0.15) is 5.75 Å². The Morgan fingerprint density at radius 1 is 1.11 bits per heavy atom. The van der Waals surface area contributed by atoms with Gasteiger partial charge in [0.05, 0.1) is 13.2 Å². The molecule has 0 fully saturated rings. The minimum Gasteiger partial charge on any atom is -0.496 e. The van der Waals surface area contributed by atoms with Gasteiger partial charge in [0, 0.05) is 10.6 Å². The lowest BCUT2D eigenvalue weighted by molar-refractivity contribution is 0.408. The summed E-state index contributed by atoms with van der Waals surface area (Å²) < 4.78 is 5.30. The highest BCUT2D eigenvalue weighted by Crippen LogP contribution is 2.30. The standard InChI is InChI=1S/C14H14ClNO.ClH/c1-17-13-8-7-11(15)9-12(13)14(16)10-5-3-2-4-6-10;/h2-9,14H,16H2,1H3;1H. The summed E-state index contributed by atoms with van der Waals surface area (Å²) >= 11 is 5.99. The van der Waals surface area contributed by atoms with Crippen LogP contribution in [0.4, 0.5) is 0 Å². The van der Waals surface area contributed by atoms with Gasteiger partial charge < -0.3 is 10.5 Å². The predicted molar refractivity (Wildman–Crippen MR) is 77.7 cm³/mol. The maximum absolute atomic E-state index is 6.22. The Hall–Kier alpha value is -1.22. The maximum Gasteiger partial charge on any atom is 0.124 e. The number of nitrogens with two attached hydrogens (primary N) is 1. The van der Waals surface area contributed by atoms with Crippen LogP contribution in [0.3, 0.4) is 0 Å². The normalized spacial score (nSPS) is 11.5. The van der Waals surface area contributed by atoms with Gasteiger partial charge in [-0.05, 0) is 23.8 Å². The van der Waals surface area contributed by atoms with Crippen molar-refractivity contribution in [3.05, 3.63) is 64.7 Å². The lowest BCUT2D eigenvalue weighted by Crippen LogP contribution is -2.12. The van der Waals surface area contributed by atoms with Gasteiger partial charge in [0.2, 0.25) is 0 Å². The lowest BCUT2D eigenvalue weighted by Gasteiger charge is -2.16. The third kappa shape index (κ3) is 3.16. The Balaban J connectivity index is 0.00000162. The molecule has 1 unspecified atom stereocenters. The Labute approximate surface area is 118 Å². The molecule has 18 heavy (non-hydrogen) atoms. The van der Waals surface area contributed by atoms with E-state index in [1.54, 1.807) is 13.2 Å². The summed E-state index contributed by atoms with van der Waals surface area (Å²) in [7, 11) is 1.63. The smallest absolute Gasteiger partial charge is 0.124 e. The highest BCUT2D eigenvalue weighted by Gasteiger charge is 2.14. The van der Waals surface area contributed by atoms with Gasteiger partial charge in [-0.25, -0.2) is 0 Å². The van der Waals surface area contributed by atoms with Crippen molar-refractivity contribution in [1.29, 1.82) is 0 Å². The lowest BCUT2D eigenvalue weighted by atomic mass is 9.99. The van der Waals surface area contributed by atoms with E-state index in [1.807, 2.05) is 42.5 Å². The first kappa shape index (κ1) is 14.8. The van der Waals surface area contributed by atoms with Crippen molar-refractivity contribution in [2.24, 2.45) is 5.73 Å². The molecule has 2 nitrogen and oxygen atoms in total. The molecule has 0 aliphatic rings. The third-order valence-electron chi connectivity index (χ3n) is 2.69. The second-order valence-electron chi connectivity index (χ2n) is 3.77. The largest absolute Gasteiger partial charge is 0.496 e. The van der Waals surface area contributed by atoms with E-state index < -0.39 is 0 Å². The van der Waals surface area contributed by atoms with Crippen molar-refractivity contribution in [3.8, 4) is 5.75 Å². The zero-order valence-corrected chi connectivity index (χ0v) is 11.5. The summed E-state index contributed by atoms with van der Waals surface area (Å²) in [5.41, 5.74) is 8.15. The minimum absolute atomic E-state index is 0. The summed E-state index contributed by atoms with van der Waals surface area (Å²) in [5, 5.41) is 0.659. The van der Waals surface area contributed by atoms with Crippen LogP contribution in [-0.4, -0.2) is 7.11 Å². The van der Waals surface area contributed by atoms with Crippen molar-refractivity contribution in [1.82, 2.24) is 0 Å². The number of rotatable bonds is 3. The molecule has 0 radical (unpaired) electrons. The Kier molecular flexibility index (Phi) is 5.48. The van der Waals surface area contributed by atoms with Crippen LogP contribution in [0.2, 0.25) is 5.02 Å². The van der Waals surface area contributed by atoms with Crippen LogP contribution >= 0.6 is 24.0 Å². The fraction of sp³-hybridized carbons (Fsp3) is 0.143.